The molecule has 1 fully saturated rings. The molecule has 1 aromatic heterocycles. The second-order valence-corrected chi connectivity index (χ2v) is 5.18. The summed E-state index contributed by atoms with van der Waals surface area (Å²) in [6.07, 6.45) is 2.82. The van der Waals surface area contributed by atoms with Crippen molar-refractivity contribution in [3.8, 4) is 0 Å². The number of carbonyl (C=O) groups excluding carboxylic acids is 1. The van der Waals surface area contributed by atoms with E-state index < -0.39 is 10.7 Å². The standard InChI is InChI=1S/C15H14FN3O4/c16-12-1-2-13(14(9-12)19(21)22)17-4-6-18(7-5-17)15(20)11-3-8-23-10-11/h1-3,8-10H,4-7H2. The Hall–Kier alpha value is -2.90. The Bertz CT molecular complexity index is 724. The van der Waals surface area contributed by atoms with Crippen LogP contribution in [0.25, 0.3) is 0 Å². The maximum Gasteiger partial charge on any atom is 0.295 e. The number of rotatable bonds is 3. The molecule has 1 aliphatic rings. The Kier molecular flexibility index (Phi) is 3.96. The van der Waals surface area contributed by atoms with Crippen LogP contribution in [-0.2, 0) is 0 Å². The van der Waals surface area contributed by atoms with Crippen LogP contribution in [0.4, 0.5) is 15.8 Å². The molecule has 2 aromatic rings. The number of halogens is 1. The first kappa shape index (κ1) is 15.0. The van der Waals surface area contributed by atoms with Gasteiger partial charge in [-0.15, -0.1) is 0 Å². The largest absolute Gasteiger partial charge is 0.472 e. The molecule has 0 aliphatic carbocycles. The minimum Gasteiger partial charge on any atom is -0.472 e. The monoisotopic (exact) mass is 319 g/mol. The lowest BCUT2D eigenvalue weighted by molar-refractivity contribution is -0.384. The summed E-state index contributed by atoms with van der Waals surface area (Å²) in [6, 6.07) is 5.12. The highest BCUT2D eigenvalue weighted by Crippen LogP contribution is 2.29. The van der Waals surface area contributed by atoms with Gasteiger partial charge in [0.25, 0.3) is 11.6 Å². The average Bonchev–Trinajstić information content (AvgIpc) is 3.09. The quantitative estimate of drug-likeness (QED) is 0.640. The molecule has 1 amide bonds. The van der Waals surface area contributed by atoms with Gasteiger partial charge in [-0.25, -0.2) is 4.39 Å². The Morgan fingerprint density at radius 3 is 2.57 bits per heavy atom. The number of nitro benzene ring substituents is 1. The molecule has 0 unspecified atom stereocenters. The average molecular weight is 319 g/mol. The molecule has 0 atom stereocenters. The molecule has 0 radical (unpaired) electrons. The number of furan rings is 1. The second kappa shape index (κ2) is 6.07. The first-order valence-corrected chi connectivity index (χ1v) is 7.06. The molecule has 120 valence electrons. The Labute approximate surface area is 131 Å². The van der Waals surface area contributed by atoms with Crippen LogP contribution < -0.4 is 4.90 Å². The smallest absolute Gasteiger partial charge is 0.295 e. The van der Waals surface area contributed by atoms with Gasteiger partial charge in [-0.05, 0) is 18.2 Å². The summed E-state index contributed by atoms with van der Waals surface area (Å²) in [6.45, 7) is 1.74. The molecule has 0 bridgehead atoms. The van der Waals surface area contributed by atoms with Crippen LogP contribution in [-0.4, -0.2) is 41.9 Å². The maximum absolute atomic E-state index is 13.2. The van der Waals surface area contributed by atoms with E-state index in [-0.39, 0.29) is 11.6 Å². The van der Waals surface area contributed by atoms with E-state index in [0.29, 0.717) is 37.4 Å². The van der Waals surface area contributed by atoms with E-state index in [2.05, 4.69) is 0 Å². The van der Waals surface area contributed by atoms with Crippen molar-refractivity contribution in [2.75, 3.05) is 31.1 Å². The summed E-state index contributed by atoms with van der Waals surface area (Å²) >= 11 is 0. The molecule has 1 aliphatic heterocycles. The van der Waals surface area contributed by atoms with Crippen molar-refractivity contribution in [3.05, 3.63) is 58.3 Å². The van der Waals surface area contributed by atoms with E-state index in [9.17, 15) is 19.3 Å². The molecule has 8 heteroatoms. The number of piperazine rings is 1. The van der Waals surface area contributed by atoms with E-state index in [1.165, 1.54) is 24.7 Å². The van der Waals surface area contributed by atoms with Crippen LogP contribution in [0, 0.1) is 15.9 Å². The fourth-order valence-corrected chi connectivity index (χ4v) is 2.63. The zero-order chi connectivity index (χ0) is 16.4. The van der Waals surface area contributed by atoms with Gasteiger partial charge in [0.2, 0.25) is 0 Å². The molecule has 0 spiro atoms. The molecule has 0 saturated carbocycles. The molecule has 23 heavy (non-hydrogen) atoms. The van der Waals surface area contributed by atoms with Crippen molar-refractivity contribution >= 4 is 17.3 Å². The predicted octanol–water partition coefficient (Wildman–Crippen LogP) is 2.29. The molecule has 2 heterocycles. The third-order valence-corrected chi connectivity index (χ3v) is 3.81. The molecule has 1 aromatic carbocycles. The number of carbonyl (C=O) groups is 1. The van der Waals surface area contributed by atoms with Gasteiger partial charge < -0.3 is 14.2 Å². The molecule has 0 N–H and O–H groups in total. The number of anilines is 1. The second-order valence-electron chi connectivity index (χ2n) is 5.18. The molecule has 7 nitrogen and oxygen atoms in total. The number of amides is 1. The highest BCUT2D eigenvalue weighted by molar-refractivity contribution is 5.94. The van der Waals surface area contributed by atoms with Gasteiger partial charge >= 0.3 is 0 Å². The van der Waals surface area contributed by atoms with Crippen molar-refractivity contribution in [1.29, 1.82) is 0 Å². The summed E-state index contributed by atoms with van der Waals surface area (Å²) < 4.78 is 18.1. The number of nitrogens with zero attached hydrogens (tertiary/aromatic N) is 3. The van der Waals surface area contributed by atoms with Crippen molar-refractivity contribution in [3.63, 3.8) is 0 Å². The minimum atomic E-state index is -0.644. The van der Waals surface area contributed by atoms with Crippen LogP contribution >= 0.6 is 0 Å². The van der Waals surface area contributed by atoms with Gasteiger partial charge in [-0.2, -0.15) is 0 Å². The minimum absolute atomic E-state index is 0.132. The van der Waals surface area contributed by atoms with Crippen LogP contribution in [0.2, 0.25) is 0 Å². The van der Waals surface area contributed by atoms with Crippen LogP contribution in [0.15, 0.2) is 41.2 Å². The number of benzene rings is 1. The van der Waals surface area contributed by atoms with Gasteiger partial charge in [-0.1, -0.05) is 0 Å². The normalized spacial score (nSPS) is 14.8. The first-order valence-electron chi connectivity index (χ1n) is 7.06. The first-order chi connectivity index (χ1) is 11.1. The van der Waals surface area contributed by atoms with Crippen LogP contribution in [0.3, 0.4) is 0 Å². The summed E-state index contributed by atoms with van der Waals surface area (Å²) in [5, 5.41) is 11.1. The topological polar surface area (TPSA) is 79.8 Å². The van der Waals surface area contributed by atoms with Crippen molar-refractivity contribution in [1.82, 2.24) is 4.90 Å². The zero-order valence-electron chi connectivity index (χ0n) is 12.1. The highest BCUT2D eigenvalue weighted by atomic mass is 19.1. The summed E-state index contributed by atoms with van der Waals surface area (Å²) in [4.78, 5) is 26.2. The van der Waals surface area contributed by atoms with Gasteiger partial charge in [0, 0.05) is 26.2 Å². The molecular formula is C15H14FN3O4. The third kappa shape index (κ3) is 3.01. The lowest BCUT2D eigenvalue weighted by atomic mass is 10.2. The zero-order valence-corrected chi connectivity index (χ0v) is 12.1. The number of nitro groups is 1. The summed E-state index contributed by atoms with van der Waals surface area (Å²) in [7, 11) is 0. The molecule has 1 saturated heterocycles. The fraction of sp³-hybridized carbons (Fsp3) is 0.267. The van der Waals surface area contributed by atoms with Gasteiger partial charge in [0.15, 0.2) is 0 Å². The lowest BCUT2D eigenvalue weighted by Gasteiger charge is -2.35. The maximum atomic E-state index is 13.2. The number of hydrogen-bond acceptors (Lipinski definition) is 5. The summed E-state index contributed by atoms with van der Waals surface area (Å²) in [5.41, 5.74) is 0.581. The lowest BCUT2D eigenvalue weighted by Crippen LogP contribution is -2.48. The SMILES string of the molecule is O=C(c1ccoc1)N1CCN(c2ccc(F)cc2[N+](=O)[O-])CC1. The Morgan fingerprint density at radius 1 is 1.22 bits per heavy atom. The Balaban J connectivity index is 1.72. The van der Waals surface area contributed by atoms with Gasteiger partial charge in [0.05, 0.1) is 22.8 Å². The van der Waals surface area contributed by atoms with Crippen LogP contribution in [0.5, 0.6) is 0 Å². The van der Waals surface area contributed by atoms with Crippen molar-refractivity contribution < 1.29 is 18.5 Å². The van der Waals surface area contributed by atoms with E-state index in [1.54, 1.807) is 15.9 Å². The predicted molar refractivity (Wildman–Crippen MR) is 79.9 cm³/mol. The Morgan fingerprint density at radius 2 is 1.96 bits per heavy atom. The van der Waals surface area contributed by atoms with Crippen LogP contribution in [0.1, 0.15) is 10.4 Å². The van der Waals surface area contributed by atoms with E-state index in [1.807, 2.05) is 0 Å². The van der Waals surface area contributed by atoms with Crippen molar-refractivity contribution in [2.24, 2.45) is 0 Å². The number of hydrogen-bond donors (Lipinski definition) is 0. The highest BCUT2D eigenvalue weighted by Gasteiger charge is 2.26. The van der Waals surface area contributed by atoms with Crippen molar-refractivity contribution in [2.45, 2.75) is 0 Å². The molecule has 3 rings (SSSR count). The van der Waals surface area contributed by atoms with Gasteiger partial charge in [0.1, 0.15) is 17.8 Å². The van der Waals surface area contributed by atoms with E-state index >= 15 is 0 Å². The fourth-order valence-electron chi connectivity index (χ4n) is 2.63. The van der Waals surface area contributed by atoms with E-state index in [4.69, 9.17) is 4.42 Å². The van der Waals surface area contributed by atoms with E-state index in [0.717, 1.165) is 6.07 Å². The third-order valence-electron chi connectivity index (χ3n) is 3.81. The van der Waals surface area contributed by atoms with Gasteiger partial charge in [-0.3, -0.25) is 14.9 Å². The molecular weight excluding hydrogens is 305 g/mol. The summed E-state index contributed by atoms with van der Waals surface area (Å²) in [5.74, 6) is -0.777.